The molecule has 2 heterocycles. The van der Waals surface area contributed by atoms with E-state index in [2.05, 4.69) is 176 Å². The smallest absolute Gasteiger partial charge is 0.177 e. The Balaban J connectivity index is 1.23. The third-order valence-corrected chi connectivity index (χ3v) is 12.6. The van der Waals surface area contributed by atoms with Gasteiger partial charge in [-0.2, -0.15) is 0 Å². The number of fused-ring (bicyclic) bond motifs is 13. The number of amidine groups is 2. The topological polar surface area (TPSA) is 36.8 Å². The number of hydrogen-bond acceptors (Lipinski definition) is 4. The van der Waals surface area contributed by atoms with E-state index in [1.165, 1.54) is 64.7 Å². The highest BCUT2D eigenvalue weighted by Crippen LogP contribution is 2.64. The molecule has 2 aliphatic heterocycles. The van der Waals surface area contributed by atoms with Gasteiger partial charge in [-0.15, -0.1) is 0 Å². The second kappa shape index (κ2) is 11.4. The van der Waals surface area contributed by atoms with Crippen LogP contribution in [-0.4, -0.2) is 11.7 Å². The average Bonchev–Trinajstić information content (AvgIpc) is 3.51. The van der Waals surface area contributed by atoms with Crippen molar-refractivity contribution >= 4 is 45.0 Å². The van der Waals surface area contributed by atoms with Gasteiger partial charge in [0, 0.05) is 26.5 Å². The quantitative estimate of drug-likeness (QED) is 0.200. The van der Waals surface area contributed by atoms with Crippen LogP contribution in [0.3, 0.4) is 0 Å². The van der Waals surface area contributed by atoms with Gasteiger partial charge in [0.05, 0.1) is 5.41 Å². The second-order valence-electron chi connectivity index (χ2n) is 14.3. The van der Waals surface area contributed by atoms with Crippen LogP contribution in [-0.2, 0) is 11.1 Å². The maximum atomic E-state index is 5.42. The van der Waals surface area contributed by atoms with E-state index in [9.17, 15) is 0 Å². The molecule has 0 atom stereocenters. The van der Waals surface area contributed by atoms with E-state index >= 15 is 0 Å². The molecule has 4 heteroatoms. The maximum absolute atomic E-state index is 5.42. The minimum atomic E-state index is -0.894. The zero-order valence-corrected chi connectivity index (χ0v) is 29.9. The Morgan fingerprint density at radius 2 is 0.962 bits per heavy atom. The van der Waals surface area contributed by atoms with Crippen molar-refractivity contribution in [2.45, 2.75) is 27.8 Å². The predicted molar refractivity (Wildman–Crippen MR) is 219 cm³/mol. The number of nitrogens with zero attached hydrogens (tertiary/aromatic N) is 2. The van der Waals surface area contributed by atoms with Crippen LogP contribution in [0.1, 0.15) is 45.9 Å². The van der Waals surface area contributed by atoms with Gasteiger partial charge >= 0.3 is 0 Å². The highest BCUT2D eigenvalue weighted by molar-refractivity contribution is 8.00. The summed E-state index contributed by atoms with van der Waals surface area (Å²) in [6.07, 6.45) is 0. The van der Waals surface area contributed by atoms with Crippen molar-refractivity contribution in [3.8, 4) is 11.1 Å². The number of aliphatic imine (C=N–C) groups is 2. The van der Waals surface area contributed by atoms with E-state index in [0.29, 0.717) is 0 Å². The van der Waals surface area contributed by atoms with Crippen LogP contribution in [0.2, 0.25) is 0 Å². The van der Waals surface area contributed by atoms with Crippen molar-refractivity contribution in [2.24, 2.45) is 9.98 Å². The first-order valence-electron chi connectivity index (χ1n) is 18.2. The van der Waals surface area contributed by atoms with Crippen LogP contribution in [0.4, 0.5) is 0 Å². The number of nitrogens with one attached hydrogen (secondary N) is 1. The van der Waals surface area contributed by atoms with Crippen LogP contribution >= 0.6 is 11.8 Å². The molecule has 3 nitrogen and oxygen atoms in total. The van der Waals surface area contributed by atoms with Gasteiger partial charge in [0.15, 0.2) is 5.66 Å². The first-order valence-corrected chi connectivity index (χ1v) is 19.0. The largest absolute Gasteiger partial charge is 0.324 e. The molecule has 3 aliphatic rings. The normalized spacial score (nSPS) is 15.9. The average molecular weight is 696 g/mol. The number of rotatable bonds is 3. The Morgan fingerprint density at radius 1 is 0.453 bits per heavy atom. The summed E-state index contributed by atoms with van der Waals surface area (Å²) < 4.78 is 0. The lowest BCUT2D eigenvalue weighted by atomic mass is 9.66. The summed E-state index contributed by atoms with van der Waals surface area (Å²) in [5.41, 5.74) is 9.43. The summed E-state index contributed by atoms with van der Waals surface area (Å²) in [6, 6.07) is 63.9. The molecule has 0 amide bonds. The monoisotopic (exact) mass is 695 g/mol. The SMILES string of the molecule is CC1(c2ccc3c(c2)C2(c4ccccc4-3)c3ccc4ccccc4c3Sc3c2ccc2ccccc32)N=C(c2ccccc2)NC(c2ccccc2)=N1. The molecule has 11 rings (SSSR count). The van der Waals surface area contributed by atoms with Gasteiger partial charge in [-0.1, -0.05) is 182 Å². The minimum Gasteiger partial charge on any atom is -0.324 e. The Bertz CT molecular complexity index is 2710. The molecule has 0 bridgehead atoms. The molecule has 1 aliphatic carbocycles. The Kier molecular flexibility index (Phi) is 6.53. The molecule has 8 aromatic carbocycles. The Hall–Kier alpha value is -6.23. The molecular weight excluding hydrogens is 663 g/mol. The van der Waals surface area contributed by atoms with Gasteiger partial charge < -0.3 is 5.32 Å². The molecule has 0 radical (unpaired) electrons. The van der Waals surface area contributed by atoms with Gasteiger partial charge in [0.2, 0.25) is 0 Å². The fourth-order valence-electron chi connectivity index (χ4n) is 8.92. The lowest BCUT2D eigenvalue weighted by molar-refractivity contribution is 0.517. The molecule has 0 saturated carbocycles. The summed E-state index contributed by atoms with van der Waals surface area (Å²) in [7, 11) is 0. The van der Waals surface area contributed by atoms with Gasteiger partial charge in [-0.25, -0.2) is 9.98 Å². The highest BCUT2D eigenvalue weighted by Gasteiger charge is 2.51. The Labute approximate surface area is 312 Å². The number of benzene rings is 8. The van der Waals surface area contributed by atoms with Crippen LogP contribution in [0.15, 0.2) is 196 Å². The minimum absolute atomic E-state index is 0.548. The zero-order valence-electron chi connectivity index (χ0n) is 29.0. The first-order chi connectivity index (χ1) is 26.1. The molecule has 0 saturated heterocycles. The van der Waals surface area contributed by atoms with Crippen molar-refractivity contribution in [2.75, 3.05) is 0 Å². The van der Waals surface area contributed by atoms with Crippen molar-refractivity contribution in [1.29, 1.82) is 0 Å². The molecule has 0 aromatic heterocycles. The van der Waals surface area contributed by atoms with Crippen LogP contribution in [0, 0.1) is 0 Å². The maximum Gasteiger partial charge on any atom is 0.177 e. The third-order valence-electron chi connectivity index (χ3n) is 11.4. The summed E-state index contributed by atoms with van der Waals surface area (Å²) >= 11 is 1.93. The standard InChI is InChI=1S/C49H33N3S/c1-48(51-46(33-16-4-2-5-17-33)50-47(52-48)34-18-6-3-7-19-34)35-26-27-39-38-22-12-13-23-40(38)49(43(39)30-35)41-28-24-31-14-8-10-20-36(31)44(41)53-45-37-21-11-9-15-32(37)25-29-42(45)49/h2-30H,1H3,(H,50,51,52). The summed E-state index contributed by atoms with van der Waals surface area (Å²) in [5, 5.41) is 8.68. The lowest BCUT2D eigenvalue weighted by Crippen LogP contribution is -2.41. The Morgan fingerprint density at radius 3 is 1.57 bits per heavy atom. The predicted octanol–water partition coefficient (Wildman–Crippen LogP) is 11.5. The molecule has 53 heavy (non-hydrogen) atoms. The summed E-state index contributed by atoms with van der Waals surface area (Å²) in [6.45, 7) is 2.15. The fraction of sp³-hybridized carbons (Fsp3) is 0.0612. The van der Waals surface area contributed by atoms with E-state index in [4.69, 9.17) is 9.98 Å². The third kappa shape index (κ3) is 4.36. The van der Waals surface area contributed by atoms with Crippen molar-refractivity contribution < 1.29 is 0 Å². The van der Waals surface area contributed by atoms with E-state index in [1.807, 2.05) is 23.9 Å². The molecular formula is C49H33N3S. The van der Waals surface area contributed by atoms with Crippen molar-refractivity contribution in [1.82, 2.24) is 5.32 Å². The molecule has 250 valence electrons. The molecule has 1 N–H and O–H groups in total. The molecule has 1 spiro atoms. The van der Waals surface area contributed by atoms with Crippen LogP contribution in [0.25, 0.3) is 32.7 Å². The molecule has 0 unspecified atom stereocenters. The molecule has 8 aromatic rings. The van der Waals surface area contributed by atoms with Gasteiger partial charge in [0.25, 0.3) is 0 Å². The van der Waals surface area contributed by atoms with Crippen molar-refractivity contribution in [3.05, 3.63) is 215 Å². The first kappa shape index (κ1) is 30.4. The molecule has 0 fully saturated rings. The van der Waals surface area contributed by atoms with Gasteiger partial charge in [-0.3, -0.25) is 0 Å². The van der Waals surface area contributed by atoms with E-state index in [0.717, 1.165) is 28.4 Å². The fourth-order valence-corrected chi connectivity index (χ4v) is 10.4. The summed E-state index contributed by atoms with van der Waals surface area (Å²) in [4.78, 5) is 13.5. The second-order valence-corrected chi connectivity index (χ2v) is 15.3. The lowest BCUT2D eigenvalue weighted by Gasteiger charge is -2.41. The van der Waals surface area contributed by atoms with E-state index < -0.39 is 11.1 Å². The zero-order chi connectivity index (χ0) is 35.1. The van der Waals surface area contributed by atoms with Crippen LogP contribution < -0.4 is 5.32 Å². The van der Waals surface area contributed by atoms with Gasteiger partial charge in [0.1, 0.15) is 11.7 Å². The van der Waals surface area contributed by atoms with Crippen molar-refractivity contribution in [3.63, 3.8) is 0 Å². The highest BCUT2D eigenvalue weighted by atomic mass is 32.2. The number of hydrogen-bond donors (Lipinski definition) is 1. The summed E-state index contributed by atoms with van der Waals surface area (Å²) in [5.74, 6) is 1.62. The van der Waals surface area contributed by atoms with E-state index in [1.54, 1.807) is 0 Å². The van der Waals surface area contributed by atoms with Crippen LogP contribution in [0.5, 0.6) is 0 Å². The van der Waals surface area contributed by atoms with E-state index in [-0.39, 0.29) is 0 Å². The van der Waals surface area contributed by atoms with Gasteiger partial charge in [-0.05, 0) is 67.9 Å².